The smallest absolute Gasteiger partial charge is 0.291 e. The number of aromatic amines is 1. The van der Waals surface area contributed by atoms with Crippen LogP contribution in [-0.2, 0) is 4.74 Å². The lowest BCUT2D eigenvalue weighted by Crippen LogP contribution is -2.41. The lowest BCUT2D eigenvalue weighted by Gasteiger charge is -2.32. The van der Waals surface area contributed by atoms with E-state index < -0.39 is 0 Å². The summed E-state index contributed by atoms with van der Waals surface area (Å²) in [7, 11) is 0. The SMILES string of the molecule is Cc1cc(C)c(-c2nnc(C(=O)N3CCOCC3)[nH]2)cc1C(=O)N1CCC(c2ccc(C#N)cc2)CC1. The zero-order valence-electron chi connectivity index (χ0n) is 21.2. The fourth-order valence-corrected chi connectivity index (χ4v) is 5.15. The van der Waals surface area contributed by atoms with Crippen molar-refractivity contribution in [1.82, 2.24) is 25.0 Å². The number of aryl methyl sites for hydroxylation is 2. The molecule has 1 N–H and O–H groups in total. The number of hydrogen-bond acceptors (Lipinski definition) is 6. The van der Waals surface area contributed by atoms with E-state index in [0.717, 1.165) is 29.5 Å². The topological polar surface area (TPSA) is 115 Å². The maximum Gasteiger partial charge on any atom is 0.291 e. The standard InChI is InChI=1S/C28H30N6O3/c1-18-15-19(2)24(16-23(18)25-30-26(32-31-25)28(36)34-11-13-37-14-12-34)27(35)33-9-7-22(8-10-33)21-5-3-20(17-29)4-6-21/h3-6,15-16,22H,7-14H2,1-2H3,(H,30,31,32). The number of morpholine rings is 1. The summed E-state index contributed by atoms with van der Waals surface area (Å²) >= 11 is 0. The Balaban J connectivity index is 1.31. The minimum Gasteiger partial charge on any atom is -0.378 e. The van der Waals surface area contributed by atoms with Gasteiger partial charge in [0.1, 0.15) is 0 Å². The third-order valence-electron chi connectivity index (χ3n) is 7.34. The van der Waals surface area contributed by atoms with Crippen molar-refractivity contribution < 1.29 is 14.3 Å². The molecular weight excluding hydrogens is 468 g/mol. The Morgan fingerprint density at radius 1 is 0.946 bits per heavy atom. The highest BCUT2D eigenvalue weighted by molar-refractivity contribution is 5.97. The highest BCUT2D eigenvalue weighted by Gasteiger charge is 2.27. The molecule has 190 valence electrons. The van der Waals surface area contributed by atoms with E-state index in [9.17, 15) is 9.59 Å². The fraction of sp³-hybridized carbons (Fsp3) is 0.393. The Kier molecular flexibility index (Phi) is 7.01. The van der Waals surface area contributed by atoms with Crippen LogP contribution in [0.2, 0.25) is 0 Å². The van der Waals surface area contributed by atoms with Crippen molar-refractivity contribution in [2.24, 2.45) is 0 Å². The Bertz CT molecular complexity index is 1340. The Morgan fingerprint density at radius 2 is 1.62 bits per heavy atom. The van der Waals surface area contributed by atoms with Gasteiger partial charge in [-0.05, 0) is 67.5 Å². The van der Waals surface area contributed by atoms with Gasteiger partial charge in [-0.1, -0.05) is 18.2 Å². The number of likely N-dealkylation sites (tertiary alicyclic amines) is 1. The molecule has 1 aromatic heterocycles. The monoisotopic (exact) mass is 498 g/mol. The van der Waals surface area contributed by atoms with E-state index in [-0.39, 0.29) is 17.6 Å². The number of hydrogen-bond donors (Lipinski definition) is 1. The van der Waals surface area contributed by atoms with E-state index in [0.29, 0.717) is 62.3 Å². The molecule has 2 aromatic carbocycles. The van der Waals surface area contributed by atoms with Gasteiger partial charge in [0.2, 0.25) is 5.82 Å². The average Bonchev–Trinajstić information content (AvgIpc) is 3.43. The number of nitrogens with one attached hydrogen (secondary N) is 1. The third kappa shape index (κ3) is 5.11. The first kappa shape index (κ1) is 24.7. The Hall–Kier alpha value is -4.03. The minimum atomic E-state index is -0.201. The molecule has 0 radical (unpaired) electrons. The molecule has 3 aromatic rings. The number of H-pyrrole nitrogens is 1. The van der Waals surface area contributed by atoms with Crippen LogP contribution in [0.3, 0.4) is 0 Å². The molecule has 2 saturated heterocycles. The highest BCUT2D eigenvalue weighted by atomic mass is 16.5. The second-order valence-electron chi connectivity index (χ2n) is 9.71. The van der Waals surface area contributed by atoms with E-state index in [2.05, 4.69) is 21.3 Å². The normalized spacial score (nSPS) is 16.5. The first-order valence-electron chi connectivity index (χ1n) is 12.6. The zero-order chi connectivity index (χ0) is 25.9. The van der Waals surface area contributed by atoms with Crippen LogP contribution >= 0.6 is 0 Å². The Labute approximate surface area is 216 Å². The predicted molar refractivity (Wildman–Crippen MR) is 137 cm³/mol. The molecule has 2 amide bonds. The number of ether oxygens (including phenoxy) is 1. The summed E-state index contributed by atoms with van der Waals surface area (Å²) in [5.74, 6) is 0.842. The second-order valence-corrected chi connectivity index (χ2v) is 9.71. The molecule has 2 aliphatic heterocycles. The maximum absolute atomic E-state index is 13.5. The number of amides is 2. The average molecular weight is 499 g/mol. The predicted octanol–water partition coefficient (Wildman–Crippen LogP) is 3.45. The molecule has 0 unspecified atom stereocenters. The maximum atomic E-state index is 13.5. The number of benzene rings is 2. The van der Waals surface area contributed by atoms with Gasteiger partial charge in [-0.25, -0.2) is 0 Å². The summed E-state index contributed by atoms with van der Waals surface area (Å²) in [6, 6.07) is 13.8. The van der Waals surface area contributed by atoms with Crippen molar-refractivity contribution in [3.63, 3.8) is 0 Å². The molecule has 9 nitrogen and oxygen atoms in total. The molecule has 37 heavy (non-hydrogen) atoms. The summed E-state index contributed by atoms with van der Waals surface area (Å²) in [6.07, 6.45) is 1.76. The van der Waals surface area contributed by atoms with Crippen molar-refractivity contribution in [1.29, 1.82) is 5.26 Å². The first-order valence-corrected chi connectivity index (χ1v) is 12.6. The van der Waals surface area contributed by atoms with Crippen molar-refractivity contribution >= 4 is 11.8 Å². The van der Waals surface area contributed by atoms with Gasteiger partial charge in [0, 0.05) is 37.3 Å². The summed E-state index contributed by atoms with van der Waals surface area (Å²) in [5.41, 5.74) is 5.13. The molecule has 5 rings (SSSR count). The number of aromatic nitrogens is 3. The molecule has 3 heterocycles. The van der Waals surface area contributed by atoms with E-state index in [1.807, 2.05) is 55.1 Å². The van der Waals surface area contributed by atoms with Gasteiger partial charge in [-0.3, -0.25) is 9.59 Å². The zero-order valence-corrected chi connectivity index (χ0v) is 21.2. The lowest BCUT2D eigenvalue weighted by atomic mass is 9.88. The number of carbonyl (C=O) groups excluding carboxylic acids is 2. The van der Waals surface area contributed by atoms with Gasteiger partial charge in [0.15, 0.2) is 5.82 Å². The molecule has 0 bridgehead atoms. The van der Waals surface area contributed by atoms with Crippen LogP contribution in [0.5, 0.6) is 0 Å². The van der Waals surface area contributed by atoms with Gasteiger partial charge in [-0.15, -0.1) is 10.2 Å². The van der Waals surface area contributed by atoms with Gasteiger partial charge in [0.25, 0.3) is 11.8 Å². The first-order chi connectivity index (χ1) is 17.9. The van der Waals surface area contributed by atoms with Crippen molar-refractivity contribution in [2.45, 2.75) is 32.6 Å². The summed E-state index contributed by atoms with van der Waals surface area (Å²) < 4.78 is 5.32. The van der Waals surface area contributed by atoms with Crippen LogP contribution < -0.4 is 0 Å². The molecular formula is C28H30N6O3. The van der Waals surface area contributed by atoms with Crippen LogP contribution in [0.15, 0.2) is 36.4 Å². The molecule has 0 spiro atoms. The quantitative estimate of drug-likeness (QED) is 0.589. The van der Waals surface area contributed by atoms with Gasteiger partial charge >= 0.3 is 0 Å². The van der Waals surface area contributed by atoms with Crippen molar-refractivity contribution in [3.05, 3.63) is 70.0 Å². The number of nitriles is 1. The van der Waals surface area contributed by atoms with Crippen molar-refractivity contribution in [2.75, 3.05) is 39.4 Å². The number of piperidine rings is 1. The van der Waals surface area contributed by atoms with Gasteiger partial charge < -0.3 is 19.5 Å². The van der Waals surface area contributed by atoms with E-state index >= 15 is 0 Å². The summed E-state index contributed by atoms with van der Waals surface area (Å²) in [6.45, 7) is 7.34. The van der Waals surface area contributed by atoms with Crippen LogP contribution in [0.4, 0.5) is 0 Å². The summed E-state index contributed by atoms with van der Waals surface area (Å²) in [4.78, 5) is 33.0. The number of carbonyl (C=O) groups is 2. The second kappa shape index (κ2) is 10.5. The van der Waals surface area contributed by atoms with E-state index in [1.54, 1.807) is 4.90 Å². The summed E-state index contributed by atoms with van der Waals surface area (Å²) in [5, 5.41) is 17.4. The fourth-order valence-electron chi connectivity index (χ4n) is 5.15. The molecule has 9 heteroatoms. The van der Waals surface area contributed by atoms with Gasteiger partial charge in [-0.2, -0.15) is 5.26 Å². The minimum absolute atomic E-state index is 0.00107. The number of nitrogens with zero attached hydrogens (tertiary/aromatic N) is 5. The van der Waals surface area contributed by atoms with E-state index in [4.69, 9.17) is 10.00 Å². The Morgan fingerprint density at radius 3 is 2.30 bits per heavy atom. The van der Waals surface area contributed by atoms with Crippen molar-refractivity contribution in [3.8, 4) is 17.5 Å². The van der Waals surface area contributed by atoms with E-state index in [1.165, 1.54) is 5.56 Å². The largest absolute Gasteiger partial charge is 0.378 e. The molecule has 0 aliphatic carbocycles. The molecule has 0 saturated carbocycles. The van der Waals surface area contributed by atoms with Crippen LogP contribution in [0.25, 0.3) is 11.4 Å². The van der Waals surface area contributed by atoms with Crippen LogP contribution in [-0.4, -0.2) is 76.2 Å². The molecule has 2 aliphatic rings. The van der Waals surface area contributed by atoms with Crippen LogP contribution in [0.1, 0.15) is 62.0 Å². The molecule has 0 atom stereocenters. The highest BCUT2D eigenvalue weighted by Crippen LogP contribution is 2.30. The third-order valence-corrected chi connectivity index (χ3v) is 7.34. The number of rotatable bonds is 4. The molecule has 2 fully saturated rings. The lowest BCUT2D eigenvalue weighted by molar-refractivity contribution is 0.0295. The van der Waals surface area contributed by atoms with Crippen LogP contribution in [0, 0.1) is 25.2 Å². The van der Waals surface area contributed by atoms with Gasteiger partial charge in [0.05, 0.1) is 24.8 Å².